The van der Waals surface area contributed by atoms with E-state index < -0.39 is 0 Å². The maximum absolute atomic E-state index is 12.0. The third-order valence-corrected chi connectivity index (χ3v) is 4.58. The number of hydrogen-bond donors (Lipinski definition) is 1. The molecule has 0 aliphatic carbocycles. The number of nitrogens with one attached hydrogen (secondary N) is 1. The first kappa shape index (κ1) is 19.8. The molecule has 0 unspecified atom stereocenters. The molecule has 3 aromatic rings. The zero-order valence-corrected chi connectivity index (χ0v) is 16.3. The Balaban J connectivity index is 1.61. The average molecular weight is 377 g/mol. The summed E-state index contributed by atoms with van der Waals surface area (Å²) < 4.78 is 7.33. The van der Waals surface area contributed by atoms with E-state index in [1.165, 1.54) is 5.56 Å². The zero-order valence-electron chi connectivity index (χ0n) is 16.3. The number of amides is 1. The monoisotopic (exact) mass is 377 g/mol. The Labute approximate surface area is 166 Å². The number of aromatic nitrogens is 2. The predicted octanol–water partition coefficient (Wildman–Crippen LogP) is 4.03. The SMILES string of the molecule is CCOCCCC(=O)NCc1ccccc1-c1ccc(Cn2ccnc2)cc1. The number of imidazole rings is 1. The summed E-state index contributed by atoms with van der Waals surface area (Å²) in [7, 11) is 0. The van der Waals surface area contributed by atoms with Gasteiger partial charge >= 0.3 is 0 Å². The topological polar surface area (TPSA) is 56.1 Å². The van der Waals surface area contributed by atoms with E-state index >= 15 is 0 Å². The zero-order chi connectivity index (χ0) is 19.6. The van der Waals surface area contributed by atoms with Crippen LogP contribution in [0, 0.1) is 0 Å². The third-order valence-electron chi connectivity index (χ3n) is 4.58. The van der Waals surface area contributed by atoms with Gasteiger partial charge in [0, 0.05) is 45.1 Å². The lowest BCUT2D eigenvalue weighted by atomic mass is 9.98. The Morgan fingerprint density at radius 3 is 2.71 bits per heavy atom. The highest BCUT2D eigenvalue weighted by Crippen LogP contribution is 2.24. The summed E-state index contributed by atoms with van der Waals surface area (Å²) in [6.07, 6.45) is 6.81. The second-order valence-electron chi connectivity index (χ2n) is 6.67. The number of nitrogens with zero attached hydrogens (tertiary/aromatic N) is 2. The Morgan fingerprint density at radius 2 is 1.96 bits per heavy atom. The van der Waals surface area contributed by atoms with Gasteiger partial charge in [-0.3, -0.25) is 4.79 Å². The number of rotatable bonds is 10. The standard InChI is InChI=1S/C23H27N3O2/c1-2-28-15-5-8-23(27)25-16-21-6-3-4-7-22(21)20-11-9-19(10-12-20)17-26-14-13-24-18-26/h3-4,6-7,9-14,18H,2,5,8,15-17H2,1H3,(H,25,27). The van der Waals surface area contributed by atoms with Gasteiger partial charge in [0.25, 0.3) is 0 Å². The third kappa shape index (κ3) is 5.79. The van der Waals surface area contributed by atoms with Crippen molar-refractivity contribution in [3.8, 4) is 11.1 Å². The maximum Gasteiger partial charge on any atom is 0.220 e. The summed E-state index contributed by atoms with van der Waals surface area (Å²) in [5, 5.41) is 3.02. The van der Waals surface area contributed by atoms with Crippen LogP contribution in [0.4, 0.5) is 0 Å². The van der Waals surface area contributed by atoms with Crippen molar-refractivity contribution >= 4 is 5.91 Å². The minimum Gasteiger partial charge on any atom is -0.382 e. The van der Waals surface area contributed by atoms with E-state index in [1.807, 2.05) is 36.1 Å². The van der Waals surface area contributed by atoms with E-state index in [-0.39, 0.29) is 5.91 Å². The fraction of sp³-hybridized carbons (Fsp3) is 0.304. The molecule has 0 atom stereocenters. The van der Waals surface area contributed by atoms with Gasteiger partial charge < -0.3 is 14.6 Å². The smallest absolute Gasteiger partial charge is 0.220 e. The van der Waals surface area contributed by atoms with Crippen molar-refractivity contribution in [1.29, 1.82) is 0 Å². The van der Waals surface area contributed by atoms with Crippen LogP contribution in [0.3, 0.4) is 0 Å². The Bertz CT molecular complexity index is 858. The summed E-state index contributed by atoms with van der Waals surface area (Å²) in [4.78, 5) is 16.1. The molecular formula is C23H27N3O2. The quantitative estimate of drug-likeness (QED) is 0.543. The molecule has 0 saturated carbocycles. The van der Waals surface area contributed by atoms with Crippen molar-refractivity contribution in [3.63, 3.8) is 0 Å². The predicted molar refractivity (Wildman–Crippen MR) is 111 cm³/mol. The first-order chi connectivity index (χ1) is 13.8. The van der Waals surface area contributed by atoms with E-state index in [9.17, 15) is 4.79 Å². The van der Waals surface area contributed by atoms with Crippen LogP contribution >= 0.6 is 0 Å². The molecule has 5 heteroatoms. The molecule has 0 spiro atoms. The van der Waals surface area contributed by atoms with Crippen molar-refractivity contribution in [2.24, 2.45) is 0 Å². The van der Waals surface area contributed by atoms with Crippen LogP contribution in [0.15, 0.2) is 67.3 Å². The Morgan fingerprint density at radius 1 is 1.14 bits per heavy atom. The molecule has 3 rings (SSSR count). The molecular weight excluding hydrogens is 350 g/mol. The highest BCUT2D eigenvalue weighted by atomic mass is 16.5. The molecule has 0 radical (unpaired) electrons. The van der Waals surface area contributed by atoms with Gasteiger partial charge in [-0.05, 0) is 35.6 Å². The van der Waals surface area contributed by atoms with E-state index in [1.54, 1.807) is 6.20 Å². The van der Waals surface area contributed by atoms with Crippen LogP contribution in [0.5, 0.6) is 0 Å². The van der Waals surface area contributed by atoms with Crippen molar-refractivity contribution in [1.82, 2.24) is 14.9 Å². The molecule has 1 aromatic heterocycles. The van der Waals surface area contributed by atoms with Crippen LogP contribution in [-0.4, -0.2) is 28.7 Å². The summed E-state index contributed by atoms with van der Waals surface area (Å²) in [6.45, 7) is 4.61. The molecule has 28 heavy (non-hydrogen) atoms. The van der Waals surface area contributed by atoms with Crippen molar-refractivity contribution in [3.05, 3.63) is 78.4 Å². The summed E-state index contributed by atoms with van der Waals surface area (Å²) in [5.41, 5.74) is 4.63. The van der Waals surface area contributed by atoms with E-state index in [0.717, 1.165) is 29.7 Å². The Hall–Kier alpha value is -2.92. The highest BCUT2D eigenvalue weighted by molar-refractivity contribution is 5.76. The number of hydrogen-bond acceptors (Lipinski definition) is 3. The molecule has 146 valence electrons. The molecule has 1 amide bonds. The first-order valence-corrected chi connectivity index (χ1v) is 9.73. The van der Waals surface area contributed by atoms with Crippen LogP contribution in [-0.2, 0) is 22.6 Å². The van der Waals surface area contributed by atoms with Crippen LogP contribution in [0.25, 0.3) is 11.1 Å². The molecule has 0 saturated heterocycles. The fourth-order valence-corrected chi connectivity index (χ4v) is 3.10. The number of carbonyl (C=O) groups is 1. The summed E-state index contributed by atoms with van der Waals surface area (Å²) >= 11 is 0. The molecule has 0 fully saturated rings. The van der Waals surface area contributed by atoms with Crippen LogP contribution in [0.1, 0.15) is 30.9 Å². The lowest BCUT2D eigenvalue weighted by molar-refractivity contribution is -0.121. The van der Waals surface area contributed by atoms with Gasteiger partial charge in [0.05, 0.1) is 6.33 Å². The fourth-order valence-electron chi connectivity index (χ4n) is 3.10. The lowest BCUT2D eigenvalue weighted by Gasteiger charge is -2.12. The average Bonchev–Trinajstić information content (AvgIpc) is 3.24. The minimum absolute atomic E-state index is 0.0604. The largest absolute Gasteiger partial charge is 0.382 e. The second-order valence-corrected chi connectivity index (χ2v) is 6.67. The lowest BCUT2D eigenvalue weighted by Crippen LogP contribution is -2.23. The molecule has 0 aliphatic rings. The number of benzene rings is 2. The summed E-state index contributed by atoms with van der Waals surface area (Å²) in [6, 6.07) is 16.7. The molecule has 5 nitrogen and oxygen atoms in total. The summed E-state index contributed by atoms with van der Waals surface area (Å²) in [5.74, 6) is 0.0604. The number of carbonyl (C=O) groups excluding carboxylic acids is 1. The van der Waals surface area contributed by atoms with Gasteiger partial charge in [-0.1, -0.05) is 48.5 Å². The minimum atomic E-state index is 0.0604. The van der Waals surface area contributed by atoms with Gasteiger partial charge in [-0.25, -0.2) is 4.98 Å². The maximum atomic E-state index is 12.0. The highest BCUT2D eigenvalue weighted by Gasteiger charge is 2.07. The second kappa shape index (κ2) is 10.4. The molecule has 0 aliphatic heterocycles. The van der Waals surface area contributed by atoms with Gasteiger partial charge in [-0.15, -0.1) is 0 Å². The molecule has 2 aromatic carbocycles. The molecule has 0 bridgehead atoms. The van der Waals surface area contributed by atoms with Crippen LogP contribution < -0.4 is 5.32 Å². The van der Waals surface area contributed by atoms with Crippen molar-refractivity contribution in [2.75, 3.05) is 13.2 Å². The molecule has 1 heterocycles. The van der Waals surface area contributed by atoms with E-state index in [2.05, 4.69) is 46.7 Å². The number of ether oxygens (including phenoxy) is 1. The van der Waals surface area contributed by atoms with E-state index in [0.29, 0.717) is 26.2 Å². The van der Waals surface area contributed by atoms with Gasteiger partial charge in [0.1, 0.15) is 0 Å². The first-order valence-electron chi connectivity index (χ1n) is 9.73. The Kier molecular flexibility index (Phi) is 7.38. The van der Waals surface area contributed by atoms with Crippen LogP contribution in [0.2, 0.25) is 0 Å². The van der Waals surface area contributed by atoms with E-state index in [4.69, 9.17) is 4.74 Å². The normalized spacial score (nSPS) is 10.8. The van der Waals surface area contributed by atoms with Gasteiger partial charge in [-0.2, -0.15) is 0 Å². The van der Waals surface area contributed by atoms with Gasteiger partial charge in [0.15, 0.2) is 0 Å². The van der Waals surface area contributed by atoms with Gasteiger partial charge in [0.2, 0.25) is 5.91 Å². The van der Waals surface area contributed by atoms with Crippen molar-refractivity contribution < 1.29 is 9.53 Å². The molecule has 1 N–H and O–H groups in total. The van der Waals surface area contributed by atoms with Crippen molar-refractivity contribution in [2.45, 2.75) is 32.9 Å².